The Morgan fingerprint density at radius 3 is 1.81 bits per heavy atom. The van der Waals surface area contributed by atoms with Crippen LogP contribution in [0.2, 0.25) is 0 Å². The number of amides is 1. The van der Waals surface area contributed by atoms with E-state index in [0.29, 0.717) is 12.8 Å². The molecule has 0 aromatic heterocycles. The lowest BCUT2D eigenvalue weighted by molar-refractivity contribution is -0.147. The van der Waals surface area contributed by atoms with Gasteiger partial charge in [0.2, 0.25) is 5.91 Å². The zero-order chi connectivity index (χ0) is 35.0. The van der Waals surface area contributed by atoms with Crippen LogP contribution in [0.4, 0.5) is 0 Å². The number of unbranched alkanes of at least 4 members (excludes halogenated alkanes) is 15. The largest absolute Gasteiger partial charge is 0.480 e. The molecule has 0 rings (SSSR count). The zero-order valence-corrected chi connectivity index (χ0v) is 30.0. The Morgan fingerprint density at radius 1 is 0.681 bits per heavy atom. The number of carbonyl (C=O) groups is 3. The highest BCUT2D eigenvalue weighted by atomic mass is 31.2. The first kappa shape index (κ1) is 45.0. The van der Waals surface area contributed by atoms with Crippen LogP contribution in [0.15, 0.2) is 24.3 Å². The SMILES string of the molecule is CCC/C=C\C/C=C\CCCCCCCC(=O)NC(COP(=O)(O)OCC(O)COC(=O)CCCCCCCCCCCC)C(=O)O. The van der Waals surface area contributed by atoms with Gasteiger partial charge in [0.25, 0.3) is 0 Å². The number of esters is 1. The van der Waals surface area contributed by atoms with Crippen LogP contribution in [0, 0.1) is 0 Å². The molecule has 12 heteroatoms. The Bertz CT molecular complexity index is 911. The fraction of sp³-hybridized carbons (Fsp3) is 0.800. The van der Waals surface area contributed by atoms with Crippen molar-refractivity contribution in [3.8, 4) is 0 Å². The number of carboxylic acids is 1. The van der Waals surface area contributed by atoms with E-state index in [1.54, 1.807) is 0 Å². The molecule has 0 bridgehead atoms. The molecule has 0 spiro atoms. The molecule has 4 N–H and O–H groups in total. The minimum atomic E-state index is -4.74. The summed E-state index contributed by atoms with van der Waals surface area (Å²) in [6.07, 6.45) is 27.9. The quantitative estimate of drug-likeness (QED) is 0.0230. The van der Waals surface area contributed by atoms with Crippen LogP contribution in [0.3, 0.4) is 0 Å². The number of aliphatic carboxylic acids is 1. The van der Waals surface area contributed by atoms with Gasteiger partial charge in [0.15, 0.2) is 6.04 Å². The van der Waals surface area contributed by atoms with Gasteiger partial charge < -0.3 is 25.2 Å². The van der Waals surface area contributed by atoms with E-state index < -0.39 is 57.6 Å². The summed E-state index contributed by atoms with van der Waals surface area (Å²) >= 11 is 0. The molecule has 0 radical (unpaired) electrons. The molecule has 11 nitrogen and oxygen atoms in total. The first-order valence-electron chi connectivity index (χ1n) is 17.9. The molecular formula is C35H64NO10P. The molecular weight excluding hydrogens is 625 g/mol. The van der Waals surface area contributed by atoms with E-state index >= 15 is 0 Å². The fourth-order valence-electron chi connectivity index (χ4n) is 4.65. The molecule has 0 aliphatic rings. The minimum Gasteiger partial charge on any atom is -0.480 e. The zero-order valence-electron chi connectivity index (χ0n) is 29.1. The number of carbonyl (C=O) groups excluding carboxylic acids is 2. The second-order valence-corrected chi connectivity index (χ2v) is 13.5. The Balaban J connectivity index is 4.03. The monoisotopic (exact) mass is 689 g/mol. The number of rotatable bonds is 33. The molecule has 0 heterocycles. The number of aliphatic hydroxyl groups excluding tert-OH is 1. The first-order valence-corrected chi connectivity index (χ1v) is 19.4. The van der Waals surface area contributed by atoms with Gasteiger partial charge in [-0.15, -0.1) is 0 Å². The molecule has 0 aromatic carbocycles. The van der Waals surface area contributed by atoms with Crippen molar-refractivity contribution in [2.24, 2.45) is 0 Å². The summed E-state index contributed by atoms with van der Waals surface area (Å²) in [7, 11) is -4.74. The van der Waals surface area contributed by atoms with Crippen molar-refractivity contribution < 1.29 is 47.8 Å². The number of aliphatic hydroxyl groups is 1. The summed E-state index contributed by atoms with van der Waals surface area (Å²) < 4.78 is 26.6. The highest BCUT2D eigenvalue weighted by Crippen LogP contribution is 2.43. The second-order valence-electron chi connectivity index (χ2n) is 12.1. The third-order valence-electron chi connectivity index (χ3n) is 7.47. The van der Waals surface area contributed by atoms with Crippen molar-refractivity contribution in [3.05, 3.63) is 24.3 Å². The molecule has 1 amide bonds. The molecule has 3 atom stereocenters. The van der Waals surface area contributed by atoms with Crippen LogP contribution in [-0.4, -0.2) is 64.9 Å². The molecule has 0 aromatic rings. The maximum absolute atomic E-state index is 12.2. The third kappa shape index (κ3) is 31.0. The number of ether oxygens (including phenoxy) is 1. The predicted octanol–water partition coefficient (Wildman–Crippen LogP) is 7.94. The second kappa shape index (κ2) is 31.2. The lowest BCUT2D eigenvalue weighted by Crippen LogP contribution is -2.43. The van der Waals surface area contributed by atoms with E-state index in [9.17, 15) is 34.1 Å². The fourth-order valence-corrected chi connectivity index (χ4v) is 5.42. The van der Waals surface area contributed by atoms with Crippen molar-refractivity contribution in [1.29, 1.82) is 0 Å². The van der Waals surface area contributed by atoms with Gasteiger partial charge in [0.05, 0.1) is 13.2 Å². The summed E-state index contributed by atoms with van der Waals surface area (Å²) in [4.78, 5) is 45.5. The summed E-state index contributed by atoms with van der Waals surface area (Å²) in [5, 5.41) is 21.7. The molecule has 0 saturated carbocycles. The number of hydrogen-bond acceptors (Lipinski definition) is 8. The van der Waals surface area contributed by atoms with E-state index in [1.807, 2.05) is 0 Å². The van der Waals surface area contributed by atoms with Gasteiger partial charge >= 0.3 is 19.8 Å². The van der Waals surface area contributed by atoms with Crippen molar-refractivity contribution in [1.82, 2.24) is 5.32 Å². The minimum absolute atomic E-state index is 0.130. The highest BCUT2D eigenvalue weighted by molar-refractivity contribution is 7.47. The number of nitrogens with one attached hydrogen (secondary N) is 1. The van der Waals surface area contributed by atoms with Gasteiger partial charge in [-0.3, -0.25) is 18.6 Å². The van der Waals surface area contributed by atoms with Gasteiger partial charge in [-0.1, -0.05) is 122 Å². The van der Waals surface area contributed by atoms with Crippen molar-refractivity contribution in [2.75, 3.05) is 19.8 Å². The molecule has 0 fully saturated rings. The molecule has 0 saturated heterocycles. The first-order chi connectivity index (χ1) is 22.6. The Morgan fingerprint density at radius 2 is 1.21 bits per heavy atom. The molecule has 0 aliphatic heterocycles. The Labute approximate surface area is 283 Å². The van der Waals surface area contributed by atoms with E-state index in [1.165, 1.54) is 38.5 Å². The maximum Gasteiger partial charge on any atom is 0.472 e. The summed E-state index contributed by atoms with van der Waals surface area (Å²) in [6.45, 7) is 2.46. The number of carboxylic acid groups (broad SMARTS) is 1. The Hall–Kier alpha value is -2.04. The van der Waals surface area contributed by atoms with E-state index in [0.717, 1.165) is 70.6 Å². The molecule has 47 heavy (non-hydrogen) atoms. The number of allylic oxidation sites excluding steroid dienone is 4. The number of hydrogen-bond donors (Lipinski definition) is 4. The summed E-state index contributed by atoms with van der Waals surface area (Å²) in [5.74, 6) is -2.40. The van der Waals surface area contributed by atoms with Crippen LogP contribution in [0.5, 0.6) is 0 Å². The van der Waals surface area contributed by atoms with Crippen LogP contribution >= 0.6 is 7.82 Å². The Kier molecular flexibility index (Phi) is 29.9. The average molecular weight is 690 g/mol. The number of phosphoric ester groups is 1. The van der Waals surface area contributed by atoms with Crippen LogP contribution in [0.25, 0.3) is 0 Å². The summed E-state index contributed by atoms with van der Waals surface area (Å²) in [5.41, 5.74) is 0. The van der Waals surface area contributed by atoms with Crippen LogP contribution < -0.4 is 5.32 Å². The topological polar surface area (TPSA) is 169 Å². The van der Waals surface area contributed by atoms with Gasteiger partial charge in [0.1, 0.15) is 12.7 Å². The normalized spacial score (nSPS) is 14.3. The van der Waals surface area contributed by atoms with Crippen molar-refractivity contribution in [3.63, 3.8) is 0 Å². The van der Waals surface area contributed by atoms with E-state index in [-0.39, 0.29) is 12.8 Å². The summed E-state index contributed by atoms with van der Waals surface area (Å²) in [6, 6.07) is -1.55. The van der Waals surface area contributed by atoms with Crippen molar-refractivity contribution in [2.45, 2.75) is 161 Å². The van der Waals surface area contributed by atoms with Gasteiger partial charge in [-0.2, -0.15) is 0 Å². The lowest BCUT2D eigenvalue weighted by atomic mass is 10.1. The van der Waals surface area contributed by atoms with Crippen molar-refractivity contribution >= 4 is 25.7 Å². The van der Waals surface area contributed by atoms with E-state index in [2.05, 4.69) is 43.5 Å². The van der Waals surface area contributed by atoms with E-state index in [4.69, 9.17) is 13.8 Å². The van der Waals surface area contributed by atoms with Crippen LogP contribution in [0.1, 0.15) is 149 Å². The van der Waals surface area contributed by atoms with Gasteiger partial charge in [-0.25, -0.2) is 9.36 Å². The highest BCUT2D eigenvalue weighted by Gasteiger charge is 2.28. The van der Waals surface area contributed by atoms with Crippen LogP contribution in [-0.2, 0) is 32.7 Å². The third-order valence-corrected chi connectivity index (χ3v) is 8.43. The number of phosphoric acid groups is 1. The lowest BCUT2D eigenvalue weighted by Gasteiger charge is -2.18. The average Bonchev–Trinajstić information content (AvgIpc) is 3.04. The van der Waals surface area contributed by atoms with Gasteiger partial charge in [-0.05, 0) is 38.5 Å². The predicted molar refractivity (Wildman–Crippen MR) is 185 cm³/mol. The molecule has 0 aliphatic carbocycles. The smallest absolute Gasteiger partial charge is 0.472 e. The van der Waals surface area contributed by atoms with Gasteiger partial charge in [0, 0.05) is 12.8 Å². The standard InChI is InChI=1S/C35H64NO10P/c1-3-5-7-9-11-13-15-16-17-18-20-22-24-26-33(38)36-32(35(40)41)30-46-47(42,43)45-29-31(37)28-44-34(39)27-25-23-21-19-14-12-10-8-6-4-2/h7,9,13,15,31-32,37H,3-6,8,10-12,14,16-30H2,1-2H3,(H,36,38)(H,40,41)(H,42,43)/b9-7-,15-13-. The molecule has 274 valence electrons. The molecule has 3 unspecified atom stereocenters. The maximum atomic E-state index is 12.2.